The number of rotatable bonds is 5. The van der Waals surface area contributed by atoms with Crippen molar-refractivity contribution >= 4 is 28.9 Å². The van der Waals surface area contributed by atoms with Crippen molar-refractivity contribution < 1.29 is 30.7 Å². The molecule has 1 aliphatic heterocycles. The van der Waals surface area contributed by atoms with E-state index < -0.39 is 0 Å². The van der Waals surface area contributed by atoms with E-state index in [0.717, 1.165) is 16.6 Å². The topological polar surface area (TPSA) is 52.1 Å². The van der Waals surface area contributed by atoms with Crippen molar-refractivity contribution in [2.24, 2.45) is 0 Å². The van der Waals surface area contributed by atoms with Crippen LogP contribution >= 0.6 is 11.6 Å². The third-order valence-corrected chi connectivity index (χ3v) is 6.48. The molecule has 0 N–H and O–H groups in total. The molecular formula is C18H13ClIN2O2-. The van der Waals surface area contributed by atoms with Gasteiger partial charge in [-0.25, -0.2) is 0 Å². The fourth-order valence-corrected chi connectivity index (χ4v) is 4.47. The maximum absolute atomic E-state index is 11.1. The Morgan fingerprint density at radius 1 is 1.29 bits per heavy atom. The first-order valence-corrected chi connectivity index (χ1v) is 10.6. The Morgan fingerprint density at radius 2 is 2.08 bits per heavy atom. The van der Waals surface area contributed by atoms with Gasteiger partial charge in [0.2, 0.25) is 0 Å². The molecule has 6 heteroatoms. The van der Waals surface area contributed by atoms with Crippen molar-refractivity contribution in [1.82, 2.24) is 9.97 Å². The fraction of sp³-hybridized carbons (Fsp3) is 0.167. The van der Waals surface area contributed by atoms with E-state index in [1.807, 2.05) is 36.4 Å². The number of hydrogen-bond acceptors (Lipinski definition) is 4. The predicted octanol–water partition coefficient (Wildman–Crippen LogP) is 0.818. The van der Waals surface area contributed by atoms with Crippen LogP contribution in [0.15, 0.2) is 42.6 Å². The minimum absolute atomic E-state index is 0.204. The first-order valence-electron chi connectivity index (χ1n) is 7.45. The van der Waals surface area contributed by atoms with Crippen LogP contribution in [-0.4, -0.2) is 20.7 Å². The summed E-state index contributed by atoms with van der Waals surface area (Å²) >= 11 is 6.68. The molecule has 1 saturated heterocycles. The normalized spacial score (nSPS) is 16.5. The first kappa shape index (κ1) is 15.8. The summed E-state index contributed by atoms with van der Waals surface area (Å²) in [5.41, 5.74) is 3.84. The van der Waals surface area contributed by atoms with Gasteiger partial charge >= 0.3 is 155 Å². The number of carbonyl (C=O) groups is 1. The summed E-state index contributed by atoms with van der Waals surface area (Å²) in [6.07, 6.45) is 2.20. The summed E-state index contributed by atoms with van der Waals surface area (Å²) in [6.45, 7) is 0.387. The standard InChI is InChI=1S/C18H13ClIN2O2/c19-14-6-13(15-7-20-15)16-17(22-12(9-23)8-21-16)18(14)24-10-11-4-2-1-3-5-11/h1-6,8-9,15H,7,10H2/q-1. The summed E-state index contributed by atoms with van der Waals surface area (Å²) in [4.78, 5) is 20.0. The number of carbonyl (C=O) groups excluding carboxylic acids is 1. The van der Waals surface area contributed by atoms with E-state index in [4.69, 9.17) is 16.3 Å². The second-order valence-corrected chi connectivity index (χ2v) is 9.11. The molecule has 4 rings (SSSR count). The summed E-state index contributed by atoms with van der Waals surface area (Å²) in [5, 5.41) is 0.529. The van der Waals surface area contributed by atoms with Crippen LogP contribution in [0.25, 0.3) is 11.0 Å². The molecule has 1 aliphatic rings. The zero-order valence-corrected chi connectivity index (χ0v) is 15.5. The van der Waals surface area contributed by atoms with Crippen molar-refractivity contribution in [3.8, 4) is 5.75 Å². The number of nitrogens with zero attached hydrogens (tertiary/aromatic N) is 2. The monoisotopic (exact) mass is 451 g/mol. The van der Waals surface area contributed by atoms with Gasteiger partial charge in [-0.1, -0.05) is 0 Å². The van der Waals surface area contributed by atoms with E-state index in [9.17, 15) is 4.79 Å². The fourth-order valence-electron chi connectivity index (χ4n) is 2.53. The van der Waals surface area contributed by atoms with Crippen molar-refractivity contribution in [3.63, 3.8) is 0 Å². The Kier molecular flexibility index (Phi) is 4.37. The van der Waals surface area contributed by atoms with Gasteiger partial charge in [0.05, 0.1) is 0 Å². The van der Waals surface area contributed by atoms with Crippen LogP contribution in [0.2, 0.25) is 5.02 Å². The summed E-state index contributed by atoms with van der Waals surface area (Å²) in [7, 11) is 0. The van der Waals surface area contributed by atoms with Crippen molar-refractivity contribution in [2.75, 3.05) is 4.43 Å². The maximum atomic E-state index is 11.1. The van der Waals surface area contributed by atoms with E-state index in [-0.39, 0.29) is 26.9 Å². The molecule has 0 radical (unpaired) electrons. The average Bonchev–Trinajstić information content (AvgIpc) is 3.46. The molecule has 122 valence electrons. The molecule has 1 unspecified atom stereocenters. The number of halogens is 2. The van der Waals surface area contributed by atoms with Crippen LogP contribution in [0.5, 0.6) is 5.75 Å². The zero-order valence-electron chi connectivity index (χ0n) is 12.6. The van der Waals surface area contributed by atoms with Gasteiger partial charge in [0.1, 0.15) is 0 Å². The number of ether oxygens (including phenoxy) is 1. The van der Waals surface area contributed by atoms with Gasteiger partial charge in [-0.2, -0.15) is 0 Å². The molecule has 1 aromatic heterocycles. The summed E-state index contributed by atoms with van der Waals surface area (Å²) in [5.74, 6) is 0.495. The van der Waals surface area contributed by atoms with E-state index in [1.165, 1.54) is 10.6 Å². The molecule has 24 heavy (non-hydrogen) atoms. The summed E-state index contributed by atoms with van der Waals surface area (Å²) in [6, 6.07) is 11.8. The molecule has 0 saturated carbocycles. The van der Waals surface area contributed by atoms with E-state index in [0.29, 0.717) is 33.1 Å². The second-order valence-electron chi connectivity index (χ2n) is 5.44. The van der Waals surface area contributed by atoms with Crippen LogP contribution in [0.1, 0.15) is 25.5 Å². The first-order chi connectivity index (χ1) is 11.8. The Bertz CT molecular complexity index is 914. The van der Waals surface area contributed by atoms with Gasteiger partial charge in [-0.3, -0.25) is 0 Å². The van der Waals surface area contributed by atoms with Crippen LogP contribution in [0.4, 0.5) is 0 Å². The minimum atomic E-state index is 0.204. The molecule has 3 aromatic rings. The van der Waals surface area contributed by atoms with E-state index in [1.54, 1.807) is 0 Å². The number of fused-ring (bicyclic) bond motifs is 1. The van der Waals surface area contributed by atoms with E-state index in [2.05, 4.69) is 9.97 Å². The number of aromatic nitrogens is 2. The van der Waals surface area contributed by atoms with Crippen LogP contribution in [0.3, 0.4) is 0 Å². The molecule has 2 aromatic carbocycles. The van der Waals surface area contributed by atoms with Crippen LogP contribution < -0.4 is 25.9 Å². The van der Waals surface area contributed by atoms with Gasteiger partial charge < -0.3 is 0 Å². The van der Waals surface area contributed by atoms with Crippen molar-refractivity contribution in [3.05, 3.63) is 64.4 Å². The van der Waals surface area contributed by atoms with Gasteiger partial charge in [-0.05, 0) is 0 Å². The third kappa shape index (κ3) is 3.10. The number of benzene rings is 2. The molecule has 1 atom stereocenters. The Morgan fingerprint density at radius 3 is 2.79 bits per heavy atom. The predicted molar refractivity (Wildman–Crippen MR) is 88.3 cm³/mol. The molecule has 4 nitrogen and oxygen atoms in total. The molecule has 0 bridgehead atoms. The Hall–Kier alpha value is -1.73. The number of alkyl halides is 2. The Balaban J connectivity index is 1.79. The van der Waals surface area contributed by atoms with Gasteiger partial charge in [0, 0.05) is 0 Å². The molecule has 0 aliphatic carbocycles. The number of hydrogen-bond donors (Lipinski definition) is 0. The van der Waals surface area contributed by atoms with Gasteiger partial charge in [-0.15, -0.1) is 0 Å². The molecule has 0 spiro atoms. The number of aldehydes is 1. The quantitative estimate of drug-likeness (QED) is 0.327. The van der Waals surface area contributed by atoms with Crippen LogP contribution in [0, 0.1) is 0 Å². The van der Waals surface area contributed by atoms with Crippen molar-refractivity contribution in [1.29, 1.82) is 0 Å². The molecule has 2 heterocycles. The van der Waals surface area contributed by atoms with E-state index >= 15 is 0 Å². The average molecular weight is 452 g/mol. The van der Waals surface area contributed by atoms with Gasteiger partial charge in [0.25, 0.3) is 0 Å². The van der Waals surface area contributed by atoms with Crippen LogP contribution in [-0.2, 0) is 6.61 Å². The zero-order chi connectivity index (χ0) is 16.5. The van der Waals surface area contributed by atoms with Gasteiger partial charge in [0.15, 0.2) is 0 Å². The second kappa shape index (κ2) is 6.64. The molecule has 1 fully saturated rings. The summed E-state index contributed by atoms with van der Waals surface area (Å²) < 4.78 is 7.78. The molecule has 0 amide bonds. The van der Waals surface area contributed by atoms with Crippen molar-refractivity contribution in [2.45, 2.75) is 10.5 Å². The third-order valence-electron chi connectivity index (χ3n) is 3.77. The SMILES string of the molecule is O=Cc1cnc2c(C3C[I-]3)cc(Cl)c(OCc3ccccc3)c2n1. The molecular weight excluding hydrogens is 439 g/mol. The Labute approximate surface area is 154 Å².